The molecule has 18 aromatic rings. The molecule has 0 amide bonds. The number of fused-ring (bicyclic) bond motifs is 12. The molecule has 0 aliphatic carbocycles. The molecule has 12 nitrogen and oxygen atoms in total. The molecule has 18 rings (SSSR count). The van der Waals surface area contributed by atoms with Crippen LogP contribution in [0.3, 0.4) is 0 Å². The smallest absolute Gasteiger partial charge is 0.155 e. The number of pyridine rings is 3. The fraction of sp³-hybridized carbons (Fsp3) is 0.215. The minimum absolute atomic E-state index is 0. The number of hydrogen-bond donors (Lipinski definition) is 3. The van der Waals surface area contributed by atoms with Crippen molar-refractivity contribution in [2.75, 3.05) is 0 Å². The molecule has 0 fully saturated rings. The van der Waals surface area contributed by atoms with Gasteiger partial charge in [-0.25, -0.2) is 0 Å². The number of nitrogens with zero attached hydrogens (tertiary/aromatic N) is 3. The zero-order chi connectivity index (χ0) is 87.4. The molecular formula is C107H100Ir3N3O9S3-3. The number of hydrogen-bond acceptors (Lipinski definition) is 15. The van der Waals surface area contributed by atoms with Crippen LogP contribution in [0.4, 0.5) is 0 Å². The third-order valence-corrected chi connectivity index (χ3v) is 23.9. The summed E-state index contributed by atoms with van der Waals surface area (Å²) in [5.41, 5.74) is 22.8. The van der Waals surface area contributed by atoms with Crippen molar-refractivity contribution >= 4 is 148 Å². The monoisotopic (exact) mass is 2250 g/mol. The number of allylic oxidation sites excluding steroid dienone is 6. The molecule has 0 aliphatic rings. The summed E-state index contributed by atoms with van der Waals surface area (Å²) in [6.07, 6.45) is 3.50. The van der Waals surface area contributed by atoms with Gasteiger partial charge >= 0.3 is 0 Å². The molecule has 9 aromatic carbocycles. The number of rotatable bonds is 10. The Labute approximate surface area is 783 Å². The van der Waals surface area contributed by atoms with Crippen molar-refractivity contribution < 1.29 is 103 Å². The van der Waals surface area contributed by atoms with E-state index in [9.17, 15) is 14.4 Å². The number of aliphatic hydroxyl groups excluding tert-OH is 3. The van der Waals surface area contributed by atoms with Crippen LogP contribution in [0.2, 0.25) is 0 Å². The van der Waals surface area contributed by atoms with E-state index >= 15 is 0 Å². The third-order valence-electron chi connectivity index (χ3n) is 20.6. The number of carbonyl (C=O) groups is 3. The second kappa shape index (κ2) is 40.7. The van der Waals surface area contributed by atoms with E-state index < -0.39 is 0 Å². The van der Waals surface area contributed by atoms with Crippen LogP contribution < -0.4 is 0 Å². The van der Waals surface area contributed by atoms with Crippen molar-refractivity contribution in [2.45, 2.75) is 154 Å². The van der Waals surface area contributed by atoms with Gasteiger partial charge < -0.3 is 28.6 Å². The first-order chi connectivity index (χ1) is 57.9. The van der Waals surface area contributed by atoms with Crippen LogP contribution in [0.1, 0.15) is 157 Å². The topological polar surface area (TPSA) is 190 Å². The Bertz CT molecular complexity index is 6950. The van der Waals surface area contributed by atoms with Crippen molar-refractivity contribution in [3.63, 3.8) is 0 Å². The van der Waals surface area contributed by atoms with Gasteiger partial charge in [0.05, 0.1) is 34.0 Å². The van der Waals surface area contributed by atoms with Gasteiger partial charge in [-0.15, -0.1) is 88.6 Å². The predicted molar refractivity (Wildman–Crippen MR) is 511 cm³/mol. The Kier molecular flexibility index (Phi) is 31.4. The van der Waals surface area contributed by atoms with Gasteiger partial charge in [0.25, 0.3) is 0 Å². The van der Waals surface area contributed by atoms with Crippen molar-refractivity contribution in [2.24, 2.45) is 0 Å². The van der Waals surface area contributed by atoms with Crippen LogP contribution in [0.5, 0.6) is 0 Å². The summed E-state index contributed by atoms with van der Waals surface area (Å²) in [4.78, 5) is 52.0. The number of thiophene rings is 3. The fourth-order valence-corrected chi connectivity index (χ4v) is 17.8. The van der Waals surface area contributed by atoms with E-state index in [1.165, 1.54) is 130 Å². The van der Waals surface area contributed by atoms with E-state index in [2.05, 4.69) is 254 Å². The number of aromatic nitrogens is 3. The number of para-hydroxylation sites is 3. The summed E-state index contributed by atoms with van der Waals surface area (Å²) in [5, 5.41) is 35.2. The Morgan fingerprint density at radius 3 is 0.976 bits per heavy atom. The van der Waals surface area contributed by atoms with E-state index in [1.54, 1.807) is 34.0 Å². The van der Waals surface area contributed by atoms with Crippen LogP contribution in [-0.4, -0.2) is 47.6 Å². The average molecular weight is 2240 g/mol. The minimum Gasteiger partial charge on any atom is -0.512 e. The molecular weight excluding hydrogens is 2140 g/mol. The van der Waals surface area contributed by atoms with Gasteiger partial charge in [-0.05, 0) is 193 Å². The van der Waals surface area contributed by atoms with Gasteiger partial charge in [0.15, 0.2) is 17.3 Å². The minimum atomic E-state index is -0.125. The van der Waals surface area contributed by atoms with Gasteiger partial charge in [0, 0.05) is 125 Å². The van der Waals surface area contributed by atoms with Crippen molar-refractivity contribution in [3.05, 3.63) is 305 Å². The summed E-state index contributed by atoms with van der Waals surface area (Å²) in [5.74, 6) is 0.352. The molecule has 0 bridgehead atoms. The molecule has 0 atom stereocenters. The molecule has 645 valence electrons. The second-order valence-electron chi connectivity index (χ2n) is 34.2. The van der Waals surface area contributed by atoms with Gasteiger partial charge in [-0.2, -0.15) is 0 Å². The maximum absolute atomic E-state index is 10.0. The van der Waals surface area contributed by atoms with Crippen LogP contribution in [-0.2, 0) is 90.9 Å². The standard InChI is InChI=1S/C33H30NOS.C31H26NOS.C28H20NOS.3C5H8O2.3Ir/c1-32(2,3)22-16-21(17-23(19-22)33(4,5)6)29-18-20-14-15-27(34-31(20)36-29)26-12-9-11-25-24-10-7-8-13-28(24)35-30(25)26;1-18-15-21(31(3,4)5)16-19(2)28(18)27-17-20-13-14-25(32-30(20)34-27)24-11-8-10-23-22-9-6-7-12-26(22)33-29(23)24;1-17(2)18-10-12-19(13-11-18)26-16-20-14-15-24(29-28(20)31-26)23-8-5-7-22-21-6-3-4-9-25(21)30-27(22)23;3*1-4(6)3-5(2)7;;;/h7-11,13-19H,1-6H3;6-10,12-17H,1-5H3;3-7,9-17H,1-2H3;3*3,6H,1-2H3;;;/q3*-1;;;;;;. The molecule has 0 saturated heterocycles. The quantitative estimate of drug-likeness (QED) is 0.0668. The van der Waals surface area contributed by atoms with E-state index in [0.29, 0.717) is 5.92 Å². The fourth-order valence-electron chi connectivity index (χ4n) is 14.6. The predicted octanol–water partition coefficient (Wildman–Crippen LogP) is 30.7. The molecule has 9 aromatic heterocycles. The number of benzene rings is 9. The summed E-state index contributed by atoms with van der Waals surface area (Å²) in [6, 6.07) is 86.8. The SMILES string of the molecule is CC(=O)C=C(C)O.CC(=O)C=C(C)O.CC(=O)C=C(C)O.CC(C)(C)c1cc(-c2cc3ccc(-c4[c-]ccc5c4oc4ccccc45)nc3s2)cc(C(C)(C)C)c1.CC(C)c1ccc(-c2cc3ccc(-c4[c-]ccc5c4oc4ccccc45)nc3s2)cc1.Cc1cc(C(C)(C)C)cc(C)c1-c1cc2ccc(-c3[c-]ccc4c3oc3ccccc34)nc2s1.[Ir].[Ir].[Ir]. The maximum atomic E-state index is 10.0. The van der Waals surface area contributed by atoms with E-state index in [1.807, 2.05) is 72.8 Å². The zero-order valence-corrected chi connectivity index (χ0v) is 83.1. The summed E-state index contributed by atoms with van der Waals surface area (Å²) < 4.78 is 18.7. The van der Waals surface area contributed by atoms with Crippen LogP contribution in [0.15, 0.2) is 267 Å². The van der Waals surface area contributed by atoms with Crippen LogP contribution >= 0.6 is 34.0 Å². The van der Waals surface area contributed by atoms with E-state index in [4.69, 9.17) is 43.5 Å². The largest absolute Gasteiger partial charge is 0.512 e. The van der Waals surface area contributed by atoms with Crippen LogP contribution in [0.25, 0.3) is 162 Å². The molecule has 0 aliphatic heterocycles. The average Bonchev–Trinajstić information content (AvgIpc) is 1.64. The van der Waals surface area contributed by atoms with Crippen molar-refractivity contribution in [3.8, 4) is 65.1 Å². The molecule has 0 spiro atoms. The molecule has 0 unspecified atom stereocenters. The summed E-state index contributed by atoms with van der Waals surface area (Å²) in [6.45, 7) is 37.9. The molecule has 0 saturated carbocycles. The zero-order valence-electron chi connectivity index (χ0n) is 73.5. The normalized spacial score (nSPS) is 11.9. The number of aliphatic hydroxyl groups is 3. The first kappa shape index (κ1) is 96.5. The second-order valence-corrected chi connectivity index (χ2v) is 37.3. The Morgan fingerprint density at radius 2 is 0.672 bits per heavy atom. The third kappa shape index (κ3) is 22.9. The maximum Gasteiger partial charge on any atom is 0.155 e. The number of furan rings is 3. The Balaban J connectivity index is 0.000000174. The Morgan fingerprint density at radius 1 is 0.368 bits per heavy atom. The molecule has 3 N–H and O–H groups in total. The van der Waals surface area contributed by atoms with E-state index in [0.717, 1.165) is 125 Å². The molecule has 125 heavy (non-hydrogen) atoms. The Hall–Kier alpha value is -10.7. The number of ketones is 3. The molecule has 9 heterocycles. The number of aryl methyl sites for hydroxylation is 2. The van der Waals surface area contributed by atoms with Crippen molar-refractivity contribution in [1.29, 1.82) is 0 Å². The van der Waals surface area contributed by atoms with Gasteiger partial charge in [0.1, 0.15) is 31.2 Å². The first-order valence-electron chi connectivity index (χ1n) is 40.6. The van der Waals surface area contributed by atoms with Crippen LogP contribution in [0, 0.1) is 32.0 Å². The van der Waals surface area contributed by atoms with Gasteiger partial charge in [-0.3, -0.25) is 29.3 Å². The van der Waals surface area contributed by atoms with Gasteiger partial charge in [0.2, 0.25) is 0 Å². The number of carbonyl (C=O) groups excluding carboxylic acids is 3. The first-order valence-corrected chi connectivity index (χ1v) is 43.1. The van der Waals surface area contributed by atoms with Gasteiger partial charge in [-0.1, -0.05) is 242 Å². The molecule has 18 heteroatoms. The molecule has 3 radical (unpaired) electrons. The summed E-state index contributed by atoms with van der Waals surface area (Å²) >= 11 is 5.24. The summed E-state index contributed by atoms with van der Waals surface area (Å²) in [7, 11) is 0. The van der Waals surface area contributed by atoms with E-state index in [-0.39, 0.29) is 111 Å². The van der Waals surface area contributed by atoms with Crippen molar-refractivity contribution in [1.82, 2.24) is 15.0 Å².